The molecule has 0 fully saturated rings. The van der Waals surface area contributed by atoms with Gasteiger partial charge in [0.1, 0.15) is 0 Å². The molecular formula is C7H15N3S. The Labute approximate surface area is 72.2 Å². The number of hydrogen-bond acceptors (Lipinski definition) is 4. The van der Waals surface area contributed by atoms with Crippen LogP contribution in [0.5, 0.6) is 0 Å². The van der Waals surface area contributed by atoms with Crippen LogP contribution in [0.25, 0.3) is 0 Å². The summed E-state index contributed by atoms with van der Waals surface area (Å²) in [5.41, 5.74) is 3.26. The number of nitrogens with zero attached hydrogens (tertiary/aromatic N) is 2. The Bertz CT molecular complexity index is 175. The van der Waals surface area contributed by atoms with E-state index in [2.05, 4.69) is 24.3 Å². The van der Waals surface area contributed by atoms with Gasteiger partial charge in [-0.05, 0) is 13.8 Å². The fraction of sp³-hybridized carbons (Fsp3) is 0.857. The minimum atomic E-state index is 0.114. The Kier molecular flexibility index (Phi) is 2.44. The quantitative estimate of drug-likeness (QED) is 0.598. The van der Waals surface area contributed by atoms with Gasteiger partial charge < -0.3 is 0 Å². The molecule has 0 aliphatic carbocycles. The molecule has 0 bridgehead atoms. The average molecular weight is 173 g/mol. The predicted molar refractivity (Wildman–Crippen MR) is 50.8 cm³/mol. The van der Waals surface area contributed by atoms with Crippen LogP contribution in [0.3, 0.4) is 0 Å². The number of hydrogen-bond donors (Lipinski definition) is 1. The molecule has 0 aromatic heterocycles. The van der Waals surface area contributed by atoms with Crippen LogP contribution >= 0.6 is 11.8 Å². The maximum Gasteiger partial charge on any atom is 0.171 e. The SMILES string of the molecule is CN(C)NC1=NC(C)(C)CS1. The van der Waals surface area contributed by atoms with Gasteiger partial charge in [-0.1, -0.05) is 11.8 Å². The van der Waals surface area contributed by atoms with Crippen molar-refractivity contribution >= 4 is 16.9 Å². The Morgan fingerprint density at radius 3 is 2.55 bits per heavy atom. The van der Waals surface area contributed by atoms with E-state index >= 15 is 0 Å². The van der Waals surface area contributed by atoms with Crippen LogP contribution in [0, 0.1) is 0 Å². The molecule has 1 heterocycles. The molecule has 0 spiro atoms. The summed E-state index contributed by atoms with van der Waals surface area (Å²) in [6.07, 6.45) is 0. The minimum absolute atomic E-state index is 0.114. The van der Waals surface area contributed by atoms with Crippen LogP contribution in [0.15, 0.2) is 4.99 Å². The summed E-state index contributed by atoms with van der Waals surface area (Å²) < 4.78 is 0. The van der Waals surface area contributed by atoms with Gasteiger partial charge in [0.2, 0.25) is 0 Å². The fourth-order valence-electron chi connectivity index (χ4n) is 0.833. The van der Waals surface area contributed by atoms with Crippen molar-refractivity contribution in [3.8, 4) is 0 Å². The average Bonchev–Trinajstić information content (AvgIpc) is 2.08. The monoisotopic (exact) mass is 173 g/mol. The first-order valence-electron chi connectivity index (χ1n) is 3.66. The highest BCUT2D eigenvalue weighted by Gasteiger charge is 2.25. The molecule has 0 saturated heterocycles. The van der Waals surface area contributed by atoms with E-state index in [9.17, 15) is 0 Å². The van der Waals surface area contributed by atoms with Gasteiger partial charge >= 0.3 is 0 Å². The molecule has 0 saturated carbocycles. The second-order valence-corrected chi connectivity index (χ2v) is 4.49. The smallest absolute Gasteiger partial charge is 0.171 e. The lowest BCUT2D eigenvalue weighted by atomic mass is 10.1. The third-order valence-corrected chi connectivity index (χ3v) is 2.59. The van der Waals surface area contributed by atoms with Crippen molar-refractivity contribution in [1.29, 1.82) is 0 Å². The summed E-state index contributed by atoms with van der Waals surface area (Å²) in [4.78, 5) is 4.49. The van der Waals surface area contributed by atoms with E-state index in [0.717, 1.165) is 10.9 Å². The molecule has 0 aromatic rings. The first-order chi connectivity index (χ1) is 4.99. The van der Waals surface area contributed by atoms with Crippen LogP contribution < -0.4 is 5.43 Å². The first-order valence-corrected chi connectivity index (χ1v) is 4.65. The lowest BCUT2D eigenvalue weighted by Gasteiger charge is -2.12. The van der Waals surface area contributed by atoms with E-state index in [-0.39, 0.29) is 5.54 Å². The van der Waals surface area contributed by atoms with Gasteiger partial charge in [-0.3, -0.25) is 10.4 Å². The third-order valence-electron chi connectivity index (χ3n) is 1.29. The highest BCUT2D eigenvalue weighted by molar-refractivity contribution is 8.14. The second-order valence-electron chi connectivity index (χ2n) is 3.52. The predicted octanol–water partition coefficient (Wildman–Crippen LogP) is 0.934. The van der Waals surface area contributed by atoms with Gasteiger partial charge in [0, 0.05) is 19.8 Å². The molecule has 4 heteroatoms. The van der Waals surface area contributed by atoms with Crippen molar-refractivity contribution in [2.24, 2.45) is 4.99 Å². The normalized spacial score (nSPS) is 22.1. The lowest BCUT2D eigenvalue weighted by molar-refractivity contribution is 0.364. The Morgan fingerprint density at radius 2 is 2.18 bits per heavy atom. The largest absolute Gasteiger partial charge is 0.298 e. The van der Waals surface area contributed by atoms with Crippen molar-refractivity contribution in [2.75, 3.05) is 19.8 Å². The number of rotatable bonds is 1. The summed E-state index contributed by atoms with van der Waals surface area (Å²) in [6, 6.07) is 0. The van der Waals surface area contributed by atoms with Crippen LogP contribution in [-0.2, 0) is 0 Å². The molecule has 1 N–H and O–H groups in total. The molecule has 1 rings (SSSR count). The Hall–Kier alpha value is -0.220. The maximum absolute atomic E-state index is 4.49. The summed E-state index contributed by atoms with van der Waals surface area (Å²) >= 11 is 1.77. The van der Waals surface area contributed by atoms with E-state index in [1.54, 1.807) is 11.8 Å². The summed E-state index contributed by atoms with van der Waals surface area (Å²) in [5, 5.41) is 2.94. The molecule has 0 radical (unpaired) electrons. The number of thioether (sulfide) groups is 1. The molecular weight excluding hydrogens is 158 g/mol. The van der Waals surface area contributed by atoms with E-state index < -0.39 is 0 Å². The highest BCUT2D eigenvalue weighted by atomic mass is 32.2. The van der Waals surface area contributed by atoms with Crippen molar-refractivity contribution in [1.82, 2.24) is 10.4 Å². The molecule has 1 aliphatic rings. The van der Waals surface area contributed by atoms with E-state index in [1.165, 1.54) is 0 Å². The van der Waals surface area contributed by atoms with Crippen LogP contribution in [0.1, 0.15) is 13.8 Å². The summed E-state index contributed by atoms with van der Waals surface area (Å²) in [6.45, 7) is 4.29. The van der Waals surface area contributed by atoms with Crippen molar-refractivity contribution < 1.29 is 0 Å². The van der Waals surface area contributed by atoms with Gasteiger partial charge in [0.15, 0.2) is 5.17 Å². The van der Waals surface area contributed by atoms with Crippen LogP contribution in [0.2, 0.25) is 0 Å². The second kappa shape index (κ2) is 3.03. The van der Waals surface area contributed by atoms with E-state index in [0.29, 0.717) is 0 Å². The molecule has 64 valence electrons. The molecule has 0 atom stereocenters. The third kappa shape index (κ3) is 2.71. The molecule has 1 aliphatic heterocycles. The number of hydrazine groups is 1. The zero-order valence-electron chi connectivity index (χ0n) is 7.51. The van der Waals surface area contributed by atoms with Crippen molar-refractivity contribution in [3.63, 3.8) is 0 Å². The molecule has 0 aromatic carbocycles. The van der Waals surface area contributed by atoms with Crippen LogP contribution in [-0.4, -0.2) is 35.6 Å². The van der Waals surface area contributed by atoms with Gasteiger partial charge in [0.05, 0.1) is 5.54 Å². The summed E-state index contributed by atoms with van der Waals surface area (Å²) in [5.74, 6) is 1.07. The van der Waals surface area contributed by atoms with Crippen LogP contribution in [0.4, 0.5) is 0 Å². The highest BCUT2D eigenvalue weighted by Crippen LogP contribution is 2.25. The van der Waals surface area contributed by atoms with Gasteiger partial charge in [0.25, 0.3) is 0 Å². The Morgan fingerprint density at radius 1 is 1.55 bits per heavy atom. The zero-order valence-corrected chi connectivity index (χ0v) is 8.33. The van der Waals surface area contributed by atoms with Crippen molar-refractivity contribution in [3.05, 3.63) is 0 Å². The van der Waals surface area contributed by atoms with Gasteiger partial charge in [-0.25, -0.2) is 5.01 Å². The minimum Gasteiger partial charge on any atom is -0.298 e. The molecule has 0 amide bonds. The number of amidine groups is 1. The first kappa shape index (κ1) is 8.87. The number of aliphatic imine (C=N–C) groups is 1. The molecule has 11 heavy (non-hydrogen) atoms. The zero-order chi connectivity index (χ0) is 8.48. The topological polar surface area (TPSA) is 27.6 Å². The lowest BCUT2D eigenvalue weighted by Crippen LogP contribution is -2.33. The van der Waals surface area contributed by atoms with Crippen molar-refractivity contribution in [2.45, 2.75) is 19.4 Å². The molecule has 0 unspecified atom stereocenters. The molecule has 3 nitrogen and oxygen atoms in total. The fourth-order valence-corrected chi connectivity index (χ4v) is 1.95. The summed E-state index contributed by atoms with van der Waals surface area (Å²) in [7, 11) is 3.93. The van der Waals surface area contributed by atoms with E-state index in [1.807, 2.05) is 19.1 Å². The van der Waals surface area contributed by atoms with E-state index in [4.69, 9.17) is 0 Å². The number of nitrogens with one attached hydrogen (secondary N) is 1. The van der Waals surface area contributed by atoms with Gasteiger partial charge in [-0.15, -0.1) is 0 Å². The Balaban J connectivity index is 2.49. The maximum atomic E-state index is 4.49. The standard InChI is InChI=1S/C7H15N3S/c1-7(2)5-11-6(8-7)9-10(3)4/h5H2,1-4H3,(H,8,9). The van der Waals surface area contributed by atoms with Gasteiger partial charge in [-0.2, -0.15) is 0 Å².